The van der Waals surface area contributed by atoms with Gasteiger partial charge in [-0.2, -0.15) is 0 Å². The van der Waals surface area contributed by atoms with E-state index in [1.807, 2.05) is 19.1 Å². The second-order valence-electron chi connectivity index (χ2n) is 8.45. The summed E-state index contributed by atoms with van der Waals surface area (Å²) in [5.41, 5.74) is 22.8. The highest BCUT2D eigenvalue weighted by atomic mass is 15.1. The Balaban J connectivity index is 0.000000960. The Morgan fingerprint density at radius 2 is 1.86 bits per heavy atom. The molecule has 29 heavy (non-hydrogen) atoms. The molecule has 0 aromatic heterocycles. The Kier molecular flexibility index (Phi) is 10.4. The molecule has 5 nitrogen and oxygen atoms in total. The van der Waals surface area contributed by atoms with Crippen LogP contribution in [0, 0.1) is 5.92 Å². The standard InChI is InChI=1S/C20H31N5.C4H10/c1-4-16(22)9-10-24-20-17(18(23)7-6-14(3)21)12-15-11-13(2)5-8-19(15)25-20;1-4(2)3/h5-8,11-12,16,19,24-25H,4,9-10,21-23H2,1-3H3;4H,1-3H3/b14-6-,18-7-;. The monoisotopic (exact) mass is 399 g/mol. The van der Waals surface area contributed by atoms with E-state index in [1.54, 1.807) is 0 Å². The van der Waals surface area contributed by atoms with Crippen LogP contribution in [0.3, 0.4) is 0 Å². The van der Waals surface area contributed by atoms with E-state index in [1.165, 1.54) is 11.1 Å². The Bertz CT molecular complexity index is 713. The molecular weight excluding hydrogens is 358 g/mol. The zero-order valence-corrected chi connectivity index (χ0v) is 19.0. The van der Waals surface area contributed by atoms with Gasteiger partial charge in [0.2, 0.25) is 0 Å². The maximum Gasteiger partial charge on any atom is 0.109 e. The van der Waals surface area contributed by atoms with Crippen molar-refractivity contribution in [3.05, 3.63) is 70.4 Å². The molecule has 5 heteroatoms. The SMILES string of the molecule is CC(C)C.CCC(N)CCNC1=C(/C(N)=C/C=C(/C)N)C=C2C=C(C)C=CC2N1. The van der Waals surface area contributed by atoms with Gasteiger partial charge in [0.1, 0.15) is 5.82 Å². The van der Waals surface area contributed by atoms with Gasteiger partial charge in [-0.1, -0.05) is 51.5 Å². The third kappa shape index (κ3) is 9.09. The fourth-order valence-electron chi connectivity index (χ4n) is 2.77. The molecule has 1 aliphatic carbocycles. The summed E-state index contributed by atoms with van der Waals surface area (Å²) in [7, 11) is 0. The predicted molar refractivity (Wildman–Crippen MR) is 127 cm³/mol. The highest BCUT2D eigenvalue weighted by Crippen LogP contribution is 2.26. The maximum atomic E-state index is 6.32. The second-order valence-corrected chi connectivity index (χ2v) is 8.45. The zero-order valence-electron chi connectivity index (χ0n) is 19.0. The molecule has 0 saturated heterocycles. The van der Waals surface area contributed by atoms with Crippen LogP contribution in [0.2, 0.25) is 0 Å². The number of hydrogen-bond donors (Lipinski definition) is 5. The molecule has 0 saturated carbocycles. The molecule has 1 aliphatic heterocycles. The van der Waals surface area contributed by atoms with Crippen LogP contribution in [0.25, 0.3) is 0 Å². The van der Waals surface area contributed by atoms with E-state index in [2.05, 4.69) is 69.6 Å². The summed E-state index contributed by atoms with van der Waals surface area (Å²) in [4.78, 5) is 0. The van der Waals surface area contributed by atoms with Crippen molar-refractivity contribution < 1.29 is 0 Å². The minimum Gasteiger partial charge on any atom is -0.402 e. The van der Waals surface area contributed by atoms with Crippen LogP contribution < -0.4 is 27.8 Å². The van der Waals surface area contributed by atoms with E-state index in [9.17, 15) is 0 Å². The second kappa shape index (κ2) is 12.2. The molecule has 0 aromatic rings. The van der Waals surface area contributed by atoms with Gasteiger partial charge in [0, 0.05) is 29.6 Å². The van der Waals surface area contributed by atoms with Gasteiger partial charge in [-0.25, -0.2) is 0 Å². The van der Waals surface area contributed by atoms with Crippen LogP contribution in [0.5, 0.6) is 0 Å². The van der Waals surface area contributed by atoms with Gasteiger partial charge in [0.15, 0.2) is 0 Å². The van der Waals surface area contributed by atoms with E-state index in [-0.39, 0.29) is 12.1 Å². The first-order chi connectivity index (χ1) is 13.6. The van der Waals surface area contributed by atoms with Gasteiger partial charge >= 0.3 is 0 Å². The number of fused-ring (bicyclic) bond motifs is 1. The van der Waals surface area contributed by atoms with Crippen molar-refractivity contribution in [2.75, 3.05) is 6.54 Å². The van der Waals surface area contributed by atoms with Crippen molar-refractivity contribution in [3.63, 3.8) is 0 Å². The molecule has 8 N–H and O–H groups in total. The summed E-state index contributed by atoms with van der Waals surface area (Å²) in [5, 5.41) is 7.01. The van der Waals surface area contributed by atoms with Crippen molar-refractivity contribution in [1.29, 1.82) is 0 Å². The maximum absolute atomic E-state index is 6.32. The lowest BCUT2D eigenvalue weighted by molar-refractivity contribution is 0.552. The average molecular weight is 400 g/mol. The third-order valence-electron chi connectivity index (χ3n) is 4.36. The molecule has 2 atom stereocenters. The Morgan fingerprint density at radius 1 is 1.21 bits per heavy atom. The Labute approximate surface area is 177 Å². The lowest BCUT2D eigenvalue weighted by Crippen LogP contribution is -2.40. The molecule has 2 unspecified atom stereocenters. The molecule has 162 valence electrons. The summed E-state index contributed by atoms with van der Waals surface area (Å²) >= 11 is 0. The summed E-state index contributed by atoms with van der Waals surface area (Å²) in [6.45, 7) is 13.3. The number of nitrogens with one attached hydrogen (secondary N) is 2. The Hall–Kier alpha value is -2.40. The van der Waals surface area contributed by atoms with Gasteiger partial charge in [0.25, 0.3) is 0 Å². The molecule has 0 amide bonds. The summed E-state index contributed by atoms with van der Waals surface area (Å²) < 4.78 is 0. The number of rotatable bonds is 7. The van der Waals surface area contributed by atoms with E-state index in [0.29, 0.717) is 5.70 Å². The fraction of sp³-hybridized carbons (Fsp3) is 0.500. The molecule has 0 aromatic carbocycles. The van der Waals surface area contributed by atoms with Gasteiger partial charge in [-0.05, 0) is 56.4 Å². The van der Waals surface area contributed by atoms with Gasteiger partial charge in [-0.3, -0.25) is 0 Å². The smallest absolute Gasteiger partial charge is 0.109 e. The predicted octanol–water partition coefficient (Wildman–Crippen LogP) is 3.70. The van der Waals surface area contributed by atoms with Crippen LogP contribution in [0.1, 0.15) is 54.4 Å². The topological polar surface area (TPSA) is 102 Å². The molecule has 0 spiro atoms. The van der Waals surface area contributed by atoms with Crippen LogP contribution in [-0.2, 0) is 0 Å². The van der Waals surface area contributed by atoms with Crippen LogP contribution in [0.15, 0.2) is 70.4 Å². The molecule has 1 heterocycles. The van der Waals surface area contributed by atoms with Crippen LogP contribution in [-0.4, -0.2) is 18.6 Å². The van der Waals surface area contributed by atoms with Crippen molar-refractivity contribution in [2.45, 2.75) is 66.5 Å². The molecular formula is C24H41N5. The van der Waals surface area contributed by atoms with Crippen LogP contribution in [0.4, 0.5) is 0 Å². The third-order valence-corrected chi connectivity index (χ3v) is 4.36. The normalized spacial score (nSPS) is 20.2. The van der Waals surface area contributed by atoms with Crippen molar-refractivity contribution >= 4 is 0 Å². The van der Waals surface area contributed by atoms with Crippen molar-refractivity contribution in [3.8, 4) is 0 Å². The van der Waals surface area contributed by atoms with Crippen molar-refractivity contribution in [2.24, 2.45) is 23.1 Å². The molecule has 0 fully saturated rings. The van der Waals surface area contributed by atoms with Crippen molar-refractivity contribution in [1.82, 2.24) is 10.6 Å². The minimum atomic E-state index is 0.161. The first-order valence-electron chi connectivity index (χ1n) is 10.6. The quantitative estimate of drug-likeness (QED) is 0.420. The summed E-state index contributed by atoms with van der Waals surface area (Å²) in [6, 6.07) is 0.372. The van der Waals surface area contributed by atoms with E-state index >= 15 is 0 Å². The number of dihydropyridines is 1. The molecule has 2 rings (SSSR count). The lowest BCUT2D eigenvalue weighted by Gasteiger charge is -2.30. The van der Waals surface area contributed by atoms with E-state index in [0.717, 1.165) is 42.4 Å². The first-order valence-corrected chi connectivity index (χ1v) is 10.6. The van der Waals surface area contributed by atoms with Gasteiger partial charge in [0.05, 0.1) is 6.04 Å². The molecule has 0 radical (unpaired) electrons. The van der Waals surface area contributed by atoms with E-state index in [4.69, 9.17) is 17.2 Å². The first kappa shape index (κ1) is 24.6. The summed E-state index contributed by atoms with van der Waals surface area (Å²) in [5.74, 6) is 1.77. The summed E-state index contributed by atoms with van der Waals surface area (Å²) in [6.07, 6.45) is 14.2. The average Bonchev–Trinajstić information content (AvgIpc) is 2.65. The highest BCUT2D eigenvalue weighted by molar-refractivity contribution is 5.54. The van der Waals surface area contributed by atoms with Gasteiger partial charge in [-0.15, -0.1) is 0 Å². The van der Waals surface area contributed by atoms with E-state index < -0.39 is 0 Å². The number of nitrogens with two attached hydrogens (primary N) is 3. The molecule has 0 bridgehead atoms. The fourth-order valence-corrected chi connectivity index (χ4v) is 2.77. The zero-order chi connectivity index (χ0) is 22.0. The minimum absolute atomic E-state index is 0.161. The largest absolute Gasteiger partial charge is 0.402 e. The number of allylic oxidation sites excluding steroid dienone is 6. The highest BCUT2D eigenvalue weighted by Gasteiger charge is 2.22. The van der Waals surface area contributed by atoms with Gasteiger partial charge < -0.3 is 27.8 Å². The number of hydrogen-bond acceptors (Lipinski definition) is 5. The lowest BCUT2D eigenvalue weighted by atomic mass is 9.92. The molecule has 2 aliphatic rings. The Morgan fingerprint density at radius 3 is 2.45 bits per heavy atom. The van der Waals surface area contributed by atoms with Crippen LogP contribution >= 0.6 is 0 Å².